The lowest BCUT2D eigenvalue weighted by molar-refractivity contribution is 0.316. The van der Waals surface area contributed by atoms with E-state index >= 15 is 0 Å². The summed E-state index contributed by atoms with van der Waals surface area (Å²) in [5, 5.41) is 0. The molecule has 3 heteroatoms. The Labute approximate surface area is 91.9 Å². The van der Waals surface area contributed by atoms with Crippen molar-refractivity contribution in [1.29, 1.82) is 0 Å². The SMILES string of the molecule is [C-]#[N+]CCCOc1cccc(I)c1. The van der Waals surface area contributed by atoms with Crippen molar-refractivity contribution in [3.05, 3.63) is 39.3 Å². The van der Waals surface area contributed by atoms with Crippen molar-refractivity contribution in [2.75, 3.05) is 13.2 Å². The molecular weight excluding hydrogens is 277 g/mol. The Hall–Kier alpha value is -0.760. The monoisotopic (exact) mass is 287 g/mol. The molecule has 0 aliphatic heterocycles. The van der Waals surface area contributed by atoms with E-state index in [0.29, 0.717) is 13.2 Å². The van der Waals surface area contributed by atoms with Gasteiger partial charge in [0.05, 0.1) is 13.0 Å². The Bertz CT molecular complexity index is 306. The predicted molar refractivity (Wildman–Crippen MR) is 60.7 cm³/mol. The predicted octanol–water partition coefficient (Wildman–Crippen LogP) is 2.98. The number of benzene rings is 1. The zero-order valence-corrected chi connectivity index (χ0v) is 9.32. The molecule has 0 saturated heterocycles. The molecular formula is C10H10INO. The van der Waals surface area contributed by atoms with Gasteiger partial charge in [-0.05, 0) is 40.8 Å². The van der Waals surface area contributed by atoms with E-state index in [2.05, 4.69) is 27.4 Å². The lowest BCUT2D eigenvalue weighted by atomic mass is 10.3. The van der Waals surface area contributed by atoms with Crippen molar-refractivity contribution < 1.29 is 4.74 Å². The Morgan fingerprint density at radius 1 is 1.46 bits per heavy atom. The standard InChI is InChI=1S/C10H10INO/c1-12-6-3-7-13-10-5-2-4-9(11)8-10/h2,4-5,8H,3,6-7H2. The van der Waals surface area contributed by atoms with Gasteiger partial charge in [0.2, 0.25) is 6.54 Å². The van der Waals surface area contributed by atoms with Gasteiger partial charge in [-0.1, -0.05) is 6.07 Å². The van der Waals surface area contributed by atoms with Gasteiger partial charge in [0.25, 0.3) is 0 Å². The van der Waals surface area contributed by atoms with E-state index < -0.39 is 0 Å². The molecule has 0 spiro atoms. The van der Waals surface area contributed by atoms with E-state index in [-0.39, 0.29) is 0 Å². The van der Waals surface area contributed by atoms with Gasteiger partial charge in [-0.3, -0.25) is 0 Å². The smallest absolute Gasteiger partial charge is 0.217 e. The largest absolute Gasteiger partial charge is 0.493 e. The molecule has 1 rings (SSSR count). The van der Waals surface area contributed by atoms with Crippen LogP contribution in [0.5, 0.6) is 5.75 Å². The molecule has 0 amide bonds. The third kappa shape index (κ3) is 4.13. The highest BCUT2D eigenvalue weighted by atomic mass is 127. The van der Waals surface area contributed by atoms with Crippen LogP contribution in [-0.4, -0.2) is 13.2 Å². The summed E-state index contributed by atoms with van der Waals surface area (Å²) in [5.41, 5.74) is 0. The van der Waals surface area contributed by atoms with Crippen molar-refractivity contribution >= 4 is 22.6 Å². The van der Waals surface area contributed by atoms with Crippen LogP contribution >= 0.6 is 22.6 Å². The number of rotatable bonds is 4. The molecule has 0 aliphatic rings. The first-order chi connectivity index (χ1) is 6.33. The molecule has 68 valence electrons. The van der Waals surface area contributed by atoms with Gasteiger partial charge in [-0.15, -0.1) is 0 Å². The van der Waals surface area contributed by atoms with E-state index in [9.17, 15) is 0 Å². The van der Waals surface area contributed by atoms with Crippen molar-refractivity contribution in [1.82, 2.24) is 0 Å². The molecule has 0 fully saturated rings. The number of halogens is 1. The molecule has 13 heavy (non-hydrogen) atoms. The maximum Gasteiger partial charge on any atom is 0.217 e. The van der Waals surface area contributed by atoms with Crippen molar-refractivity contribution in [2.45, 2.75) is 6.42 Å². The minimum Gasteiger partial charge on any atom is -0.493 e. The molecule has 0 heterocycles. The molecule has 0 aromatic heterocycles. The van der Waals surface area contributed by atoms with Crippen molar-refractivity contribution in [3.63, 3.8) is 0 Å². The summed E-state index contributed by atoms with van der Waals surface area (Å²) in [6, 6.07) is 7.90. The third-order valence-corrected chi connectivity index (χ3v) is 2.15. The minimum atomic E-state index is 0.546. The van der Waals surface area contributed by atoms with Crippen LogP contribution in [0.25, 0.3) is 4.85 Å². The number of hydrogen-bond donors (Lipinski definition) is 0. The van der Waals surface area contributed by atoms with Crippen LogP contribution < -0.4 is 4.74 Å². The number of nitrogens with zero attached hydrogens (tertiary/aromatic N) is 1. The highest BCUT2D eigenvalue weighted by molar-refractivity contribution is 14.1. The van der Waals surface area contributed by atoms with Gasteiger partial charge < -0.3 is 9.58 Å². The average Bonchev–Trinajstić information content (AvgIpc) is 2.13. The topological polar surface area (TPSA) is 13.6 Å². The van der Waals surface area contributed by atoms with Gasteiger partial charge in [-0.2, -0.15) is 0 Å². The van der Waals surface area contributed by atoms with E-state index in [1.165, 1.54) is 3.57 Å². The molecule has 0 aliphatic carbocycles. The maximum absolute atomic E-state index is 6.59. The molecule has 2 nitrogen and oxygen atoms in total. The van der Waals surface area contributed by atoms with Crippen LogP contribution in [0.2, 0.25) is 0 Å². The quantitative estimate of drug-likeness (QED) is 0.471. The molecule has 0 saturated carbocycles. The Kier molecular flexibility index (Phi) is 4.61. The summed E-state index contributed by atoms with van der Waals surface area (Å²) >= 11 is 2.25. The first kappa shape index (κ1) is 10.3. The Morgan fingerprint density at radius 3 is 3.00 bits per heavy atom. The summed E-state index contributed by atoms with van der Waals surface area (Å²) < 4.78 is 6.61. The fourth-order valence-electron chi connectivity index (χ4n) is 0.890. The van der Waals surface area contributed by atoms with Crippen molar-refractivity contribution in [2.24, 2.45) is 0 Å². The van der Waals surface area contributed by atoms with Crippen molar-refractivity contribution in [3.8, 4) is 5.75 Å². The Balaban J connectivity index is 2.33. The van der Waals surface area contributed by atoms with E-state index in [1.807, 2.05) is 24.3 Å². The molecule has 0 radical (unpaired) electrons. The molecule has 0 N–H and O–H groups in total. The molecule has 0 atom stereocenters. The number of hydrogen-bond acceptors (Lipinski definition) is 1. The summed E-state index contributed by atoms with van der Waals surface area (Å²) in [5.74, 6) is 0.886. The van der Waals surface area contributed by atoms with Gasteiger partial charge in [-0.25, -0.2) is 6.57 Å². The zero-order valence-electron chi connectivity index (χ0n) is 7.16. The fraction of sp³-hybridized carbons (Fsp3) is 0.300. The summed E-state index contributed by atoms with van der Waals surface area (Å²) in [4.78, 5) is 3.25. The highest BCUT2D eigenvalue weighted by Crippen LogP contribution is 2.14. The fourth-order valence-corrected chi connectivity index (χ4v) is 1.40. The molecule has 1 aromatic carbocycles. The lowest BCUT2D eigenvalue weighted by Gasteiger charge is -2.03. The second-order valence-corrected chi connectivity index (χ2v) is 3.79. The van der Waals surface area contributed by atoms with E-state index in [1.54, 1.807) is 0 Å². The highest BCUT2D eigenvalue weighted by Gasteiger charge is 1.94. The second kappa shape index (κ2) is 5.81. The van der Waals surface area contributed by atoms with Crippen LogP contribution in [0.4, 0.5) is 0 Å². The normalized spacial score (nSPS) is 9.23. The number of ether oxygens (including phenoxy) is 1. The maximum atomic E-state index is 6.59. The average molecular weight is 287 g/mol. The van der Waals surface area contributed by atoms with Gasteiger partial charge in [0.1, 0.15) is 5.75 Å². The molecule has 1 aromatic rings. The minimum absolute atomic E-state index is 0.546. The first-order valence-corrected chi connectivity index (χ1v) is 5.12. The van der Waals surface area contributed by atoms with Crippen LogP contribution in [0.1, 0.15) is 6.42 Å². The molecule has 0 bridgehead atoms. The molecule has 0 unspecified atom stereocenters. The van der Waals surface area contributed by atoms with Gasteiger partial charge >= 0.3 is 0 Å². The lowest BCUT2D eigenvalue weighted by Crippen LogP contribution is -1.98. The first-order valence-electron chi connectivity index (χ1n) is 4.04. The summed E-state index contributed by atoms with van der Waals surface area (Å²) in [6.07, 6.45) is 0.801. The summed E-state index contributed by atoms with van der Waals surface area (Å²) in [6.45, 7) is 7.76. The third-order valence-electron chi connectivity index (χ3n) is 1.48. The Morgan fingerprint density at radius 2 is 2.31 bits per heavy atom. The van der Waals surface area contributed by atoms with Crippen LogP contribution in [0.15, 0.2) is 24.3 Å². The van der Waals surface area contributed by atoms with Crippen LogP contribution in [-0.2, 0) is 0 Å². The van der Waals surface area contributed by atoms with Gasteiger partial charge in [0.15, 0.2) is 0 Å². The summed E-state index contributed by atoms with van der Waals surface area (Å²) in [7, 11) is 0. The van der Waals surface area contributed by atoms with E-state index in [0.717, 1.165) is 12.2 Å². The van der Waals surface area contributed by atoms with Crippen LogP contribution in [0.3, 0.4) is 0 Å². The second-order valence-electron chi connectivity index (χ2n) is 2.54. The van der Waals surface area contributed by atoms with Gasteiger partial charge in [0, 0.05) is 3.57 Å². The zero-order chi connectivity index (χ0) is 9.52. The van der Waals surface area contributed by atoms with E-state index in [4.69, 9.17) is 11.3 Å². The van der Waals surface area contributed by atoms with Crippen LogP contribution in [0, 0.1) is 10.1 Å².